The van der Waals surface area contributed by atoms with Crippen LogP contribution in [0.4, 0.5) is 0 Å². The van der Waals surface area contributed by atoms with Gasteiger partial charge in [-0.15, -0.1) is 0 Å². The Hall–Kier alpha value is -0.120. The molecule has 0 aromatic rings. The van der Waals surface area contributed by atoms with Crippen molar-refractivity contribution in [2.45, 2.75) is 76.9 Å². The minimum absolute atomic E-state index is 0.227. The lowest BCUT2D eigenvalue weighted by atomic mass is 9.83. The monoisotopic (exact) mass is 231 g/mol. The first-order valence-corrected chi connectivity index (χ1v) is 6.68. The van der Waals surface area contributed by atoms with E-state index in [4.69, 9.17) is 10.8 Å². The second-order valence-corrected chi connectivity index (χ2v) is 4.85. The van der Waals surface area contributed by atoms with Crippen LogP contribution in [-0.2, 0) is 0 Å². The highest BCUT2D eigenvalue weighted by atomic mass is 16.3. The third-order valence-corrected chi connectivity index (χ3v) is 3.33. The number of nitrogens with two attached hydrogens (primary N) is 1. The average molecular weight is 231 g/mol. The van der Waals surface area contributed by atoms with Crippen LogP contribution in [0, 0.1) is 0 Å². The summed E-state index contributed by atoms with van der Waals surface area (Å²) in [4.78, 5) is 0. The molecule has 3 heteroatoms. The topological polar surface area (TPSA) is 66.5 Å². The van der Waals surface area contributed by atoms with Crippen LogP contribution < -0.4 is 5.73 Å². The van der Waals surface area contributed by atoms with Crippen LogP contribution in [0.3, 0.4) is 0 Å². The lowest BCUT2D eigenvalue weighted by Crippen LogP contribution is -2.52. The van der Waals surface area contributed by atoms with Gasteiger partial charge in [0.05, 0.1) is 12.7 Å². The lowest BCUT2D eigenvalue weighted by molar-refractivity contribution is 0.0204. The van der Waals surface area contributed by atoms with Crippen LogP contribution in [0.2, 0.25) is 0 Å². The first-order chi connectivity index (χ1) is 7.60. The Morgan fingerprint density at radius 1 is 1.00 bits per heavy atom. The molecule has 1 atom stereocenters. The predicted octanol–water partition coefficient (Wildman–Crippen LogP) is 2.20. The van der Waals surface area contributed by atoms with Gasteiger partial charge in [0.2, 0.25) is 0 Å². The first-order valence-electron chi connectivity index (χ1n) is 6.68. The molecule has 0 aliphatic carbocycles. The molecule has 1 unspecified atom stereocenters. The zero-order valence-electron chi connectivity index (χ0n) is 10.9. The van der Waals surface area contributed by atoms with E-state index in [2.05, 4.69) is 13.8 Å². The van der Waals surface area contributed by atoms with Crippen molar-refractivity contribution in [3.05, 3.63) is 0 Å². The van der Waals surface area contributed by atoms with E-state index in [0.29, 0.717) is 0 Å². The van der Waals surface area contributed by atoms with Crippen molar-refractivity contribution in [2.24, 2.45) is 5.73 Å². The summed E-state index contributed by atoms with van der Waals surface area (Å²) in [5.41, 5.74) is 5.64. The molecule has 0 radical (unpaired) electrons. The smallest absolute Gasteiger partial charge is 0.0949 e. The van der Waals surface area contributed by atoms with Crippen LogP contribution in [0.25, 0.3) is 0 Å². The number of hydrogen-bond donors (Lipinski definition) is 3. The molecule has 0 spiro atoms. The molecule has 0 saturated carbocycles. The van der Waals surface area contributed by atoms with Crippen molar-refractivity contribution in [2.75, 3.05) is 6.61 Å². The summed E-state index contributed by atoms with van der Waals surface area (Å²) in [6.07, 6.45) is 7.52. The van der Waals surface area contributed by atoms with E-state index in [9.17, 15) is 5.11 Å². The molecule has 0 saturated heterocycles. The predicted molar refractivity (Wildman–Crippen MR) is 68.3 cm³/mol. The SMILES string of the molecule is CCCCCC(N)(CCCCC)C(O)CO. The summed E-state index contributed by atoms with van der Waals surface area (Å²) >= 11 is 0. The molecule has 0 rings (SSSR count). The maximum absolute atomic E-state index is 9.80. The third kappa shape index (κ3) is 5.83. The fraction of sp³-hybridized carbons (Fsp3) is 1.00. The van der Waals surface area contributed by atoms with Crippen LogP contribution >= 0.6 is 0 Å². The van der Waals surface area contributed by atoms with Crippen molar-refractivity contribution in [3.8, 4) is 0 Å². The summed E-state index contributed by atoms with van der Waals surface area (Å²) in [6.45, 7) is 4.07. The molecular weight excluding hydrogens is 202 g/mol. The van der Waals surface area contributed by atoms with Crippen molar-refractivity contribution in [1.82, 2.24) is 0 Å². The molecule has 98 valence electrons. The Balaban J connectivity index is 4.13. The van der Waals surface area contributed by atoms with Crippen LogP contribution in [-0.4, -0.2) is 28.5 Å². The Kier molecular flexibility index (Phi) is 8.90. The number of hydrogen-bond acceptors (Lipinski definition) is 3. The molecular formula is C13H29NO2. The number of rotatable bonds is 10. The van der Waals surface area contributed by atoms with E-state index >= 15 is 0 Å². The van der Waals surface area contributed by atoms with Gasteiger partial charge < -0.3 is 15.9 Å². The van der Waals surface area contributed by atoms with Gasteiger partial charge in [0.1, 0.15) is 0 Å². The van der Waals surface area contributed by atoms with E-state index in [-0.39, 0.29) is 6.61 Å². The highest BCUT2D eigenvalue weighted by molar-refractivity contribution is 4.91. The summed E-state index contributed by atoms with van der Waals surface area (Å²) in [5.74, 6) is 0. The molecule has 0 aliphatic rings. The molecule has 3 nitrogen and oxygen atoms in total. The zero-order chi connectivity index (χ0) is 12.4. The van der Waals surface area contributed by atoms with Crippen molar-refractivity contribution < 1.29 is 10.2 Å². The van der Waals surface area contributed by atoms with Gasteiger partial charge in [0.25, 0.3) is 0 Å². The summed E-state index contributed by atoms with van der Waals surface area (Å²) in [7, 11) is 0. The maximum atomic E-state index is 9.80. The third-order valence-electron chi connectivity index (χ3n) is 3.33. The van der Waals surface area contributed by atoms with Gasteiger partial charge in [-0.2, -0.15) is 0 Å². The fourth-order valence-corrected chi connectivity index (χ4v) is 2.05. The van der Waals surface area contributed by atoms with Gasteiger partial charge in [-0.1, -0.05) is 52.4 Å². The molecule has 0 fully saturated rings. The minimum Gasteiger partial charge on any atom is -0.394 e. The minimum atomic E-state index is -0.777. The highest BCUT2D eigenvalue weighted by Crippen LogP contribution is 2.23. The van der Waals surface area contributed by atoms with Gasteiger partial charge in [0.15, 0.2) is 0 Å². The Morgan fingerprint density at radius 2 is 1.44 bits per heavy atom. The van der Waals surface area contributed by atoms with Crippen molar-refractivity contribution >= 4 is 0 Å². The summed E-state index contributed by atoms with van der Waals surface area (Å²) in [5, 5.41) is 18.9. The van der Waals surface area contributed by atoms with E-state index in [1.54, 1.807) is 0 Å². The van der Waals surface area contributed by atoms with Crippen LogP contribution in [0.15, 0.2) is 0 Å². The van der Waals surface area contributed by atoms with E-state index < -0.39 is 11.6 Å². The first kappa shape index (κ1) is 15.9. The van der Waals surface area contributed by atoms with E-state index in [1.807, 2.05) is 0 Å². The molecule has 0 aromatic heterocycles. The second kappa shape index (κ2) is 8.97. The van der Waals surface area contributed by atoms with Gasteiger partial charge in [-0.3, -0.25) is 0 Å². The van der Waals surface area contributed by atoms with E-state index in [0.717, 1.165) is 51.4 Å². The summed E-state index contributed by atoms with van der Waals surface area (Å²) in [6, 6.07) is 0. The van der Waals surface area contributed by atoms with Gasteiger partial charge in [-0.25, -0.2) is 0 Å². The molecule has 0 aromatic carbocycles. The Bertz CT molecular complexity index is 152. The molecule has 4 N–H and O–H groups in total. The second-order valence-electron chi connectivity index (χ2n) is 4.85. The van der Waals surface area contributed by atoms with Crippen molar-refractivity contribution in [3.63, 3.8) is 0 Å². The zero-order valence-corrected chi connectivity index (χ0v) is 10.9. The Morgan fingerprint density at radius 3 is 1.75 bits per heavy atom. The largest absolute Gasteiger partial charge is 0.394 e. The van der Waals surface area contributed by atoms with E-state index in [1.165, 1.54) is 0 Å². The molecule has 0 aliphatic heterocycles. The van der Waals surface area contributed by atoms with Gasteiger partial charge in [0, 0.05) is 5.54 Å². The standard InChI is InChI=1S/C13H29NO2/c1-3-5-7-9-13(14,12(16)11-15)10-8-6-4-2/h12,15-16H,3-11,14H2,1-2H3. The molecule has 16 heavy (non-hydrogen) atoms. The molecule has 0 bridgehead atoms. The van der Waals surface area contributed by atoms with Crippen LogP contribution in [0.5, 0.6) is 0 Å². The molecule has 0 amide bonds. The van der Waals surface area contributed by atoms with Crippen molar-refractivity contribution in [1.29, 1.82) is 0 Å². The maximum Gasteiger partial charge on any atom is 0.0949 e. The number of unbranched alkanes of at least 4 members (excludes halogenated alkanes) is 4. The summed E-state index contributed by atoms with van der Waals surface area (Å²) < 4.78 is 0. The van der Waals surface area contributed by atoms with Gasteiger partial charge >= 0.3 is 0 Å². The quantitative estimate of drug-likeness (QED) is 0.505. The molecule has 0 heterocycles. The Labute approximate surface area is 100 Å². The number of aliphatic hydroxyl groups is 2. The van der Waals surface area contributed by atoms with Gasteiger partial charge in [-0.05, 0) is 12.8 Å². The lowest BCUT2D eigenvalue weighted by Gasteiger charge is -2.33. The average Bonchev–Trinajstić information content (AvgIpc) is 2.28. The fourth-order valence-electron chi connectivity index (χ4n) is 2.05. The highest BCUT2D eigenvalue weighted by Gasteiger charge is 2.31. The normalized spacial score (nSPS) is 14.1. The van der Waals surface area contributed by atoms with Crippen LogP contribution in [0.1, 0.15) is 65.2 Å². The number of aliphatic hydroxyl groups excluding tert-OH is 2.